The number of carbonyl (C=O) groups excluding carboxylic acids is 1. The molecule has 2 aliphatic rings. The van der Waals surface area contributed by atoms with E-state index in [0.29, 0.717) is 50.5 Å². The predicted octanol–water partition coefficient (Wildman–Crippen LogP) is 0.908. The monoisotopic (exact) mass is 392 g/mol. The van der Waals surface area contributed by atoms with Gasteiger partial charge in [-0.1, -0.05) is 6.07 Å². The van der Waals surface area contributed by atoms with Crippen LogP contribution in [0.3, 0.4) is 0 Å². The molecule has 2 fully saturated rings. The topological polar surface area (TPSA) is 84.2 Å². The fourth-order valence-corrected chi connectivity index (χ4v) is 5.32. The SMILES string of the molecule is Cc1nc2ccccn2c1C(=O)N1CC[C@@H]2[C@@H](CC1)OCCN2S(C)(=O)=O. The summed E-state index contributed by atoms with van der Waals surface area (Å²) in [5, 5.41) is 0. The Morgan fingerprint density at radius 2 is 2.00 bits per heavy atom. The minimum absolute atomic E-state index is 0.0734. The van der Waals surface area contributed by atoms with Gasteiger partial charge in [0.05, 0.1) is 30.7 Å². The lowest BCUT2D eigenvalue weighted by atomic mass is 10.0. The van der Waals surface area contributed by atoms with E-state index in [4.69, 9.17) is 4.74 Å². The second-order valence-electron chi connectivity index (χ2n) is 7.19. The standard InChI is InChI=1S/C18H24N4O4S/c1-13-17(21-8-4-3-5-16(21)19-13)18(23)20-9-6-14-15(7-10-20)26-12-11-22(14)27(2,24)25/h3-5,8,14-15H,6-7,9-12H2,1-2H3/t14-,15-/m1/s1. The summed E-state index contributed by atoms with van der Waals surface area (Å²) in [6.07, 6.45) is 4.10. The molecule has 4 rings (SSSR count). The summed E-state index contributed by atoms with van der Waals surface area (Å²) >= 11 is 0. The Kier molecular flexibility index (Phi) is 4.69. The van der Waals surface area contributed by atoms with Gasteiger partial charge >= 0.3 is 0 Å². The van der Waals surface area contributed by atoms with Crippen molar-refractivity contribution in [2.75, 3.05) is 32.5 Å². The van der Waals surface area contributed by atoms with E-state index < -0.39 is 10.0 Å². The molecule has 2 atom stereocenters. The molecule has 8 nitrogen and oxygen atoms in total. The molecule has 2 aliphatic heterocycles. The van der Waals surface area contributed by atoms with Crippen molar-refractivity contribution >= 4 is 21.6 Å². The van der Waals surface area contributed by atoms with E-state index in [1.165, 1.54) is 10.6 Å². The Morgan fingerprint density at radius 3 is 2.78 bits per heavy atom. The zero-order valence-electron chi connectivity index (χ0n) is 15.5. The zero-order chi connectivity index (χ0) is 19.2. The van der Waals surface area contributed by atoms with Crippen LogP contribution in [0.2, 0.25) is 0 Å². The van der Waals surface area contributed by atoms with Gasteiger partial charge in [0, 0.05) is 25.8 Å². The first kappa shape index (κ1) is 18.4. The number of pyridine rings is 1. The van der Waals surface area contributed by atoms with Gasteiger partial charge in [-0.25, -0.2) is 13.4 Å². The minimum atomic E-state index is -3.29. The van der Waals surface area contributed by atoms with E-state index in [2.05, 4.69) is 4.98 Å². The molecular weight excluding hydrogens is 368 g/mol. The van der Waals surface area contributed by atoms with Crippen molar-refractivity contribution in [1.82, 2.24) is 18.6 Å². The summed E-state index contributed by atoms with van der Waals surface area (Å²) in [6.45, 7) is 3.65. The van der Waals surface area contributed by atoms with Gasteiger partial charge in [-0.15, -0.1) is 0 Å². The smallest absolute Gasteiger partial charge is 0.272 e. The van der Waals surface area contributed by atoms with E-state index in [9.17, 15) is 13.2 Å². The number of hydrogen-bond donors (Lipinski definition) is 0. The van der Waals surface area contributed by atoms with Crippen molar-refractivity contribution in [3.05, 3.63) is 35.8 Å². The molecule has 2 saturated heterocycles. The summed E-state index contributed by atoms with van der Waals surface area (Å²) in [4.78, 5) is 19.5. The molecule has 2 aromatic rings. The van der Waals surface area contributed by atoms with Crippen molar-refractivity contribution in [3.8, 4) is 0 Å². The molecule has 0 unspecified atom stereocenters. The third kappa shape index (κ3) is 3.35. The molecule has 0 aliphatic carbocycles. The number of imidazole rings is 1. The molecule has 27 heavy (non-hydrogen) atoms. The predicted molar refractivity (Wildman–Crippen MR) is 100 cm³/mol. The van der Waals surface area contributed by atoms with Gasteiger partial charge in [0.15, 0.2) is 0 Å². The van der Waals surface area contributed by atoms with E-state index in [0.717, 1.165) is 5.65 Å². The highest BCUT2D eigenvalue weighted by molar-refractivity contribution is 7.88. The number of aryl methyl sites for hydroxylation is 1. The maximum Gasteiger partial charge on any atom is 0.272 e. The van der Waals surface area contributed by atoms with Gasteiger partial charge in [0.25, 0.3) is 5.91 Å². The quantitative estimate of drug-likeness (QED) is 0.758. The Bertz CT molecular complexity index is 971. The Hall–Kier alpha value is -1.97. The number of sulfonamides is 1. The minimum Gasteiger partial charge on any atom is -0.375 e. The van der Waals surface area contributed by atoms with Crippen molar-refractivity contribution in [2.24, 2.45) is 0 Å². The molecule has 0 spiro atoms. The molecule has 0 bridgehead atoms. The molecule has 1 amide bonds. The number of aromatic nitrogens is 2. The number of nitrogens with zero attached hydrogens (tertiary/aromatic N) is 4. The molecule has 9 heteroatoms. The number of rotatable bonds is 2. The summed E-state index contributed by atoms with van der Waals surface area (Å²) in [7, 11) is -3.29. The van der Waals surface area contributed by atoms with Crippen LogP contribution < -0.4 is 0 Å². The fraction of sp³-hybridized carbons (Fsp3) is 0.556. The van der Waals surface area contributed by atoms with Crippen LogP contribution in [-0.2, 0) is 14.8 Å². The number of likely N-dealkylation sites (tertiary alicyclic amines) is 1. The molecule has 0 aromatic carbocycles. The number of carbonyl (C=O) groups is 1. The normalized spacial score (nSPS) is 24.6. The van der Waals surface area contributed by atoms with Crippen molar-refractivity contribution < 1.29 is 17.9 Å². The maximum atomic E-state index is 13.2. The van der Waals surface area contributed by atoms with Crippen LogP contribution in [0.25, 0.3) is 5.65 Å². The number of morpholine rings is 1. The third-order valence-electron chi connectivity index (χ3n) is 5.44. The number of hydrogen-bond acceptors (Lipinski definition) is 5. The molecule has 0 saturated carbocycles. The summed E-state index contributed by atoms with van der Waals surface area (Å²) in [5.74, 6) is -0.0734. The average Bonchev–Trinajstić information content (AvgIpc) is 2.81. The largest absolute Gasteiger partial charge is 0.375 e. The Balaban J connectivity index is 1.59. The van der Waals surface area contributed by atoms with Crippen LogP contribution >= 0.6 is 0 Å². The van der Waals surface area contributed by atoms with Crippen molar-refractivity contribution in [2.45, 2.75) is 31.9 Å². The summed E-state index contributed by atoms with van der Waals surface area (Å²) in [6, 6.07) is 5.43. The summed E-state index contributed by atoms with van der Waals surface area (Å²) in [5.41, 5.74) is 2.01. The van der Waals surface area contributed by atoms with Crippen molar-refractivity contribution in [3.63, 3.8) is 0 Å². The van der Waals surface area contributed by atoms with E-state index in [1.807, 2.05) is 35.7 Å². The Labute approximate surface area is 158 Å². The molecule has 0 N–H and O–H groups in total. The van der Waals surface area contributed by atoms with E-state index >= 15 is 0 Å². The summed E-state index contributed by atoms with van der Waals surface area (Å²) < 4.78 is 33.4. The lowest BCUT2D eigenvalue weighted by molar-refractivity contribution is -0.0406. The van der Waals surface area contributed by atoms with Crippen LogP contribution in [0.4, 0.5) is 0 Å². The van der Waals surface area contributed by atoms with Crippen molar-refractivity contribution in [1.29, 1.82) is 0 Å². The van der Waals surface area contributed by atoms with Crippen LogP contribution in [0.1, 0.15) is 29.0 Å². The third-order valence-corrected chi connectivity index (χ3v) is 6.75. The molecule has 2 aromatic heterocycles. The number of amides is 1. The van der Waals surface area contributed by atoms with Gasteiger partial charge < -0.3 is 9.64 Å². The maximum absolute atomic E-state index is 13.2. The van der Waals surface area contributed by atoms with Gasteiger partial charge in [0.1, 0.15) is 11.3 Å². The van der Waals surface area contributed by atoms with Gasteiger partial charge in [0.2, 0.25) is 10.0 Å². The first-order valence-corrected chi connectivity index (χ1v) is 11.0. The zero-order valence-corrected chi connectivity index (χ0v) is 16.4. The van der Waals surface area contributed by atoms with E-state index in [-0.39, 0.29) is 18.1 Å². The van der Waals surface area contributed by atoms with Gasteiger partial charge in [-0.3, -0.25) is 9.20 Å². The van der Waals surface area contributed by atoms with E-state index in [1.54, 1.807) is 4.90 Å². The first-order chi connectivity index (χ1) is 12.9. The average molecular weight is 392 g/mol. The molecule has 4 heterocycles. The fourth-order valence-electron chi connectivity index (χ4n) is 4.18. The first-order valence-electron chi connectivity index (χ1n) is 9.17. The van der Waals surface area contributed by atoms with Crippen LogP contribution in [-0.4, -0.2) is 77.6 Å². The lowest BCUT2D eigenvalue weighted by Gasteiger charge is -2.38. The van der Waals surface area contributed by atoms with Gasteiger partial charge in [-0.05, 0) is 31.9 Å². The molecule has 0 radical (unpaired) electrons. The Morgan fingerprint density at radius 1 is 1.22 bits per heavy atom. The molecular formula is C18H24N4O4S. The second kappa shape index (κ2) is 6.88. The molecule has 146 valence electrons. The number of ether oxygens (including phenoxy) is 1. The second-order valence-corrected chi connectivity index (χ2v) is 9.13. The number of fused-ring (bicyclic) bond motifs is 2. The highest BCUT2D eigenvalue weighted by Crippen LogP contribution is 2.26. The van der Waals surface area contributed by atoms with Crippen LogP contribution in [0, 0.1) is 6.92 Å². The van der Waals surface area contributed by atoms with Gasteiger partial charge in [-0.2, -0.15) is 4.31 Å². The highest BCUT2D eigenvalue weighted by atomic mass is 32.2. The highest BCUT2D eigenvalue weighted by Gasteiger charge is 2.39. The van der Waals surface area contributed by atoms with Crippen LogP contribution in [0.5, 0.6) is 0 Å². The lowest BCUT2D eigenvalue weighted by Crippen LogP contribution is -2.53. The van der Waals surface area contributed by atoms with Crippen LogP contribution in [0.15, 0.2) is 24.4 Å².